The summed E-state index contributed by atoms with van der Waals surface area (Å²) in [6.07, 6.45) is 2.05. The highest BCUT2D eigenvalue weighted by Crippen LogP contribution is 2.32. The molecule has 0 unspecified atom stereocenters. The van der Waals surface area contributed by atoms with Gasteiger partial charge in [0, 0.05) is 22.3 Å². The van der Waals surface area contributed by atoms with Crippen LogP contribution in [0.3, 0.4) is 0 Å². The van der Waals surface area contributed by atoms with E-state index in [4.69, 9.17) is 0 Å². The molecule has 3 rings (SSSR count). The van der Waals surface area contributed by atoms with E-state index >= 15 is 0 Å². The van der Waals surface area contributed by atoms with Crippen LogP contribution < -0.4 is 0 Å². The van der Waals surface area contributed by atoms with Gasteiger partial charge in [0.15, 0.2) is 11.6 Å². The molecule has 0 aromatic heterocycles. The maximum absolute atomic E-state index is 12.8. The Bertz CT molecular complexity index is 957. The molecule has 1 N–H and O–H groups in total. The molecule has 124 valence electrons. The van der Waals surface area contributed by atoms with E-state index in [0.29, 0.717) is 17.5 Å². The molecule has 1 aliphatic carbocycles. The molecule has 2 aromatic carbocycles. The Balaban J connectivity index is 2.30. The molecule has 0 radical (unpaired) electrons. The molecule has 6 heteroatoms. The Kier molecular flexibility index (Phi) is 4.11. The van der Waals surface area contributed by atoms with Crippen LogP contribution in [-0.4, -0.2) is 24.5 Å². The quantitative estimate of drug-likeness (QED) is 0.735. The maximum atomic E-state index is 12.8. The fourth-order valence-corrected chi connectivity index (χ4v) is 3.55. The molecule has 2 aromatic rings. The highest BCUT2D eigenvalue weighted by Gasteiger charge is 2.32. The first-order chi connectivity index (χ1) is 11.3. The molecule has 0 saturated carbocycles. The van der Waals surface area contributed by atoms with Gasteiger partial charge in [0.05, 0.1) is 4.90 Å². The Morgan fingerprint density at radius 1 is 0.958 bits per heavy atom. The summed E-state index contributed by atoms with van der Waals surface area (Å²) in [6.45, 7) is 1.97. The monoisotopic (exact) mass is 344 g/mol. The van der Waals surface area contributed by atoms with Crippen LogP contribution in [0.5, 0.6) is 0 Å². The average Bonchev–Trinajstić information content (AvgIpc) is 2.56. The minimum atomic E-state index is -4.47. The van der Waals surface area contributed by atoms with Crippen LogP contribution in [0.2, 0.25) is 0 Å². The van der Waals surface area contributed by atoms with E-state index in [9.17, 15) is 22.6 Å². The fraction of sp³-hybridized carbons (Fsp3) is 0.222. The summed E-state index contributed by atoms with van der Waals surface area (Å²) in [6, 6.07) is 8.87. The predicted molar refractivity (Wildman–Crippen MR) is 88.2 cm³/mol. The number of ketones is 2. The van der Waals surface area contributed by atoms with Crippen LogP contribution in [0.25, 0.3) is 0 Å². The van der Waals surface area contributed by atoms with Crippen molar-refractivity contribution in [3.05, 3.63) is 64.2 Å². The van der Waals surface area contributed by atoms with Gasteiger partial charge in [-0.1, -0.05) is 37.6 Å². The van der Waals surface area contributed by atoms with E-state index in [2.05, 4.69) is 0 Å². The second kappa shape index (κ2) is 5.96. The lowest BCUT2D eigenvalue weighted by Gasteiger charge is -2.21. The van der Waals surface area contributed by atoms with Gasteiger partial charge in [-0.25, -0.2) is 0 Å². The van der Waals surface area contributed by atoms with Gasteiger partial charge in [-0.15, -0.1) is 0 Å². The first-order valence-corrected chi connectivity index (χ1v) is 9.11. The molecule has 24 heavy (non-hydrogen) atoms. The van der Waals surface area contributed by atoms with Crippen LogP contribution in [-0.2, 0) is 16.5 Å². The number of carbonyl (C=O) groups excluding carboxylic acids is 2. The maximum Gasteiger partial charge on any atom is 0.294 e. The zero-order valence-electron chi connectivity index (χ0n) is 13.1. The average molecular weight is 344 g/mol. The number of hydrogen-bond donors (Lipinski definition) is 1. The highest BCUT2D eigenvalue weighted by atomic mass is 32.2. The van der Waals surface area contributed by atoms with Gasteiger partial charge >= 0.3 is 0 Å². The topological polar surface area (TPSA) is 88.5 Å². The van der Waals surface area contributed by atoms with Crippen molar-refractivity contribution in [2.75, 3.05) is 0 Å². The molecule has 0 spiro atoms. The lowest BCUT2D eigenvalue weighted by Crippen LogP contribution is -2.23. The first kappa shape index (κ1) is 16.5. The number of carbonyl (C=O) groups is 2. The second-order valence-electron chi connectivity index (χ2n) is 5.79. The van der Waals surface area contributed by atoms with Crippen molar-refractivity contribution in [3.63, 3.8) is 0 Å². The summed E-state index contributed by atoms with van der Waals surface area (Å²) in [7, 11) is -4.47. The lowest BCUT2D eigenvalue weighted by molar-refractivity contribution is 0.0978. The summed E-state index contributed by atoms with van der Waals surface area (Å²) in [4.78, 5) is 25.2. The number of hydrogen-bond acceptors (Lipinski definition) is 4. The number of fused-ring (bicyclic) bond motifs is 2. The van der Waals surface area contributed by atoms with E-state index in [1.807, 2.05) is 6.92 Å². The van der Waals surface area contributed by atoms with E-state index in [0.717, 1.165) is 18.9 Å². The molecule has 0 bridgehead atoms. The Labute approximate surface area is 140 Å². The molecular weight excluding hydrogens is 328 g/mol. The van der Waals surface area contributed by atoms with Crippen molar-refractivity contribution in [3.8, 4) is 0 Å². The van der Waals surface area contributed by atoms with E-state index in [1.54, 1.807) is 24.3 Å². The lowest BCUT2D eigenvalue weighted by atomic mass is 9.81. The molecule has 1 aliphatic rings. The van der Waals surface area contributed by atoms with Gasteiger partial charge in [0.1, 0.15) is 0 Å². The zero-order valence-corrected chi connectivity index (χ0v) is 13.9. The minimum absolute atomic E-state index is 0.0416. The van der Waals surface area contributed by atoms with Gasteiger partial charge < -0.3 is 0 Å². The molecule has 0 heterocycles. The molecule has 0 fully saturated rings. The minimum Gasteiger partial charge on any atom is -0.289 e. The molecule has 0 atom stereocenters. The highest BCUT2D eigenvalue weighted by molar-refractivity contribution is 7.85. The van der Waals surface area contributed by atoms with E-state index < -0.39 is 15.9 Å². The summed E-state index contributed by atoms with van der Waals surface area (Å²) in [5.41, 5.74) is 1.35. The number of unbranched alkanes of at least 4 members (excludes halogenated alkanes) is 1. The molecule has 0 amide bonds. The number of rotatable bonds is 4. The van der Waals surface area contributed by atoms with Crippen molar-refractivity contribution in [1.29, 1.82) is 0 Å². The van der Waals surface area contributed by atoms with E-state index in [-0.39, 0.29) is 27.4 Å². The normalized spacial score (nSPS) is 13.6. The summed E-state index contributed by atoms with van der Waals surface area (Å²) >= 11 is 0. The van der Waals surface area contributed by atoms with Crippen molar-refractivity contribution in [1.82, 2.24) is 0 Å². The zero-order chi connectivity index (χ0) is 17.5. The summed E-state index contributed by atoms with van der Waals surface area (Å²) < 4.78 is 32.4. The molecule has 0 aliphatic heterocycles. The fourth-order valence-electron chi connectivity index (χ4n) is 2.99. The van der Waals surface area contributed by atoms with E-state index in [1.165, 1.54) is 6.07 Å². The van der Waals surface area contributed by atoms with Crippen molar-refractivity contribution < 1.29 is 22.6 Å². The third kappa shape index (κ3) is 2.68. The molecular formula is C18H16O5S. The van der Waals surface area contributed by atoms with Crippen molar-refractivity contribution in [2.24, 2.45) is 0 Å². The summed E-state index contributed by atoms with van der Waals surface area (Å²) in [5, 5.41) is 0. The summed E-state index contributed by atoms with van der Waals surface area (Å²) in [5.74, 6) is -0.684. The van der Waals surface area contributed by atoms with Gasteiger partial charge in [-0.2, -0.15) is 8.42 Å². The van der Waals surface area contributed by atoms with Gasteiger partial charge in [0.2, 0.25) is 0 Å². The van der Waals surface area contributed by atoms with Crippen LogP contribution in [0.4, 0.5) is 0 Å². The number of aryl methyl sites for hydroxylation is 1. The van der Waals surface area contributed by atoms with Gasteiger partial charge in [0.25, 0.3) is 10.1 Å². The smallest absolute Gasteiger partial charge is 0.289 e. The predicted octanol–water partition coefficient (Wildman–Crippen LogP) is 3.05. The Morgan fingerprint density at radius 3 is 2.17 bits per heavy atom. The van der Waals surface area contributed by atoms with Crippen molar-refractivity contribution in [2.45, 2.75) is 31.1 Å². The standard InChI is InChI=1S/C18H16O5S/c1-2-3-6-11-9-12(24(21,22)23)10-15-16(11)18(20)14-8-5-4-7-13(14)17(15)19/h4-5,7-10H,2-3,6H2,1H3,(H,21,22,23). The number of benzene rings is 2. The van der Waals surface area contributed by atoms with Crippen molar-refractivity contribution >= 4 is 21.7 Å². The third-order valence-corrected chi connectivity index (χ3v) is 5.01. The van der Waals surface area contributed by atoms with Crippen LogP contribution in [0.15, 0.2) is 41.3 Å². The second-order valence-corrected chi connectivity index (χ2v) is 7.21. The third-order valence-electron chi connectivity index (χ3n) is 4.18. The van der Waals surface area contributed by atoms with Gasteiger partial charge in [-0.05, 0) is 30.5 Å². The molecule has 5 nitrogen and oxygen atoms in total. The van der Waals surface area contributed by atoms with Crippen LogP contribution in [0.1, 0.15) is 57.2 Å². The SMILES string of the molecule is CCCCc1cc(S(=O)(=O)O)cc2c1C(=O)c1ccccc1C2=O. The van der Waals surface area contributed by atoms with Crippen LogP contribution >= 0.6 is 0 Å². The van der Waals surface area contributed by atoms with Gasteiger partial charge in [-0.3, -0.25) is 14.1 Å². The first-order valence-electron chi connectivity index (χ1n) is 7.67. The Morgan fingerprint density at radius 2 is 1.58 bits per heavy atom. The Hall–Kier alpha value is -2.31. The molecule has 0 saturated heterocycles. The van der Waals surface area contributed by atoms with Crippen LogP contribution in [0, 0.1) is 0 Å². The largest absolute Gasteiger partial charge is 0.294 e.